The molecule has 0 aliphatic heterocycles. The van der Waals surface area contributed by atoms with Crippen LogP contribution in [0.1, 0.15) is 44.4 Å². The molecule has 0 saturated heterocycles. The second kappa shape index (κ2) is 10.8. The third-order valence-corrected chi connectivity index (χ3v) is 6.61. The molecular weight excluding hydrogens is 466 g/mol. The van der Waals surface area contributed by atoms with Crippen molar-refractivity contribution in [3.05, 3.63) is 83.9 Å². The van der Waals surface area contributed by atoms with Crippen LogP contribution in [0.4, 0.5) is 5.69 Å². The number of fused-ring (bicyclic) bond motifs is 1. The van der Waals surface area contributed by atoms with Crippen LogP contribution < -0.4 is 15.0 Å². The molecule has 1 atom stereocenters. The lowest BCUT2D eigenvalue weighted by molar-refractivity contribution is -0.128. The van der Waals surface area contributed by atoms with Crippen molar-refractivity contribution in [3.63, 3.8) is 0 Å². The van der Waals surface area contributed by atoms with Crippen LogP contribution in [-0.4, -0.2) is 39.5 Å². The van der Waals surface area contributed by atoms with Gasteiger partial charge in [-0.3, -0.25) is 14.5 Å². The topological polar surface area (TPSA) is 89.4 Å². The molecule has 3 aromatic carbocycles. The summed E-state index contributed by atoms with van der Waals surface area (Å²) in [6.45, 7) is 7.79. The first kappa shape index (κ1) is 25.9. The highest BCUT2D eigenvalue weighted by atomic mass is 16.5. The van der Waals surface area contributed by atoms with Crippen molar-refractivity contribution < 1.29 is 14.3 Å². The quantitative estimate of drug-likeness (QED) is 0.356. The largest absolute Gasteiger partial charge is 0.497 e. The first-order valence-corrected chi connectivity index (χ1v) is 12.4. The number of rotatable bonds is 9. The summed E-state index contributed by atoms with van der Waals surface area (Å²) < 4.78 is 7.02. The van der Waals surface area contributed by atoms with Gasteiger partial charge in [0.2, 0.25) is 11.8 Å². The van der Waals surface area contributed by atoms with E-state index in [2.05, 4.69) is 15.6 Å². The summed E-state index contributed by atoms with van der Waals surface area (Å²) in [6.07, 6.45) is 0.729. The fourth-order valence-electron chi connectivity index (χ4n) is 4.21. The molecule has 4 rings (SSSR count). The molecule has 1 N–H and O–H groups in total. The van der Waals surface area contributed by atoms with Gasteiger partial charge >= 0.3 is 0 Å². The molecule has 0 bridgehead atoms. The SMILES string of the molecule is CCC(C)(C)NC(=O)C(c1cccc(OC)c1)N(C(=O)Cn1nnc2ccccc21)c1ccccc1C. The summed E-state index contributed by atoms with van der Waals surface area (Å²) in [5.41, 5.74) is 3.14. The third-order valence-electron chi connectivity index (χ3n) is 6.61. The van der Waals surface area contributed by atoms with E-state index in [0.29, 0.717) is 22.5 Å². The summed E-state index contributed by atoms with van der Waals surface area (Å²) in [5.74, 6) is 0.0342. The molecule has 0 fully saturated rings. The number of ether oxygens (including phenoxy) is 1. The van der Waals surface area contributed by atoms with E-state index in [0.717, 1.165) is 17.5 Å². The summed E-state index contributed by atoms with van der Waals surface area (Å²) in [4.78, 5) is 29.7. The third kappa shape index (κ3) is 5.63. The maximum Gasteiger partial charge on any atom is 0.249 e. The highest BCUT2D eigenvalue weighted by molar-refractivity contribution is 6.02. The van der Waals surface area contributed by atoms with Gasteiger partial charge in [0.15, 0.2) is 0 Å². The lowest BCUT2D eigenvalue weighted by atomic mass is 9.97. The van der Waals surface area contributed by atoms with Crippen LogP contribution in [0.3, 0.4) is 0 Å². The van der Waals surface area contributed by atoms with E-state index in [1.54, 1.807) is 22.8 Å². The molecule has 1 heterocycles. The Hall–Kier alpha value is -4.20. The van der Waals surface area contributed by atoms with Gasteiger partial charge in [0.1, 0.15) is 23.9 Å². The number of carbonyl (C=O) groups is 2. The maximum atomic E-state index is 14.1. The number of aryl methyl sites for hydroxylation is 1. The van der Waals surface area contributed by atoms with Crippen molar-refractivity contribution in [2.75, 3.05) is 12.0 Å². The first-order valence-electron chi connectivity index (χ1n) is 12.4. The molecule has 192 valence electrons. The molecular formula is C29H33N5O3. The Kier molecular flexibility index (Phi) is 7.57. The number of amides is 2. The van der Waals surface area contributed by atoms with Gasteiger partial charge in [-0.05, 0) is 68.7 Å². The second-order valence-electron chi connectivity index (χ2n) is 9.69. The van der Waals surface area contributed by atoms with E-state index >= 15 is 0 Å². The van der Waals surface area contributed by atoms with Crippen LogP contribution in [0.2, 0.25) is 0 Å². The fourth-order valence-corrected chi connectivity index (χ4v) is 4.21. The van der Waals surface area contributed by atoms with E-state index in [-0.39, 0.29) is 18.4 Å². The minimum Gasteiger partial charge on any atom is -0.497 e. The molecule has 1 unspecified atom stereocenters. The smallest absolute Gasteiger partial charge is 0.249 e. The van der Waals surface area contributed by atoms with Crippen molar-refractivity contribution in [1.29, 1.82) is 0 Å². The molecule has 0 saturated carbocycles. The Morgan fingerprint density at radius 3 is 2.51 bits per heavy atom. The number of hydrogen-bond acceptors (Lipinski definition) is 5. The predicted molar refractivity (Wildman–Crippen MR) is 144 cm³/mol. The van der Waals surface area contributed by atoms with Gasteiger partial charge in [-0.1, -0.05) is 54.6 Å². The molecule has 0 spiro atoms. The average molecular weight is 500 g/mol. The van der Waals surface area contributed by atoms with Crippen LogP contribution in [0.15, 0.2) is 72.8 Å². The summed E-state index contributed by atoms with van der Waals surface area (Å²) >= 11 is 0. The highest BCUT2D eigenvalue weighted by Gasteiger charge is 2.36. The second-order valence-corrected chi connectivity index (χ2v) is 9.69. The molecule has 0 aliphatic carbocycles. The van der Waals surface area contributed by atoms with Crippen LogP contribution in [0.5, 0.6) is 5.75 Å². The Morgan fingerprint density at radius 1 is 1.05 bits per heavy atom. The number of nitrogens with zero attached hydrogens (tertiary/aromatic N) is 4. The number of carbonyl (C=O) groups excluding carboxylic acids is 2. The zero-order chi connectivity index (χ0) is 26.6. The van der Waals surface area contributed by atoms with E-state index in [1.807, 2.05) is 94.4 Å². The zero-order valence-electron chi connectivity index (χ0n) is 21.9. The molecule has 0 aliphatic rings. The molecule has 8 nitrogen and oxygen atoms in total. The lowest BCUT2D eigenvalue weighted by Crippen LogP contribution is -2.51. The minimum atomic E-state index is -0.940. The van der Waals surface area contributed by atoms with E-state index in [4.69, 9.17) is 4.74 Å². The number of anilines is 1. The van der Waals surface area contributed by atoms with Crippen molar-refractivity contribution in [2.24, 2.45) is 0 Å². The zero-order valence-corrected chi connectivity index (χ0v) is 21.9. The van der Waals surface area contributed by atoms with E-state index in [1.165, 1.54) is 0 Å². The summed E-state index contributed by atoms with van der Waals surface area (Å²) in [7, 11) is 1.58. The predicted octanol–water partition coefficient (Wildman–Crippen LogP) is 4.83. The number of benzene rings is 3. The number of hydrogen-bond donors (Lipinski definition) is 1. The normalized spacial score (nSPS) is 12.2. The monoisotopic (exact) mass is 499 g/mol. The number of nitrogens with one attached hydrogen (secondary N) is 1. The lowest BCUT2D eigenvalue weighted by Gasteiger charge is -2.35. The number of aromatic nitrogens is 3. The van der Waals surface area contributed by atoms with Gasteiger partial charge in [-0.15, -0.1) is 5.10 Å². The van der Waals surface area contributed by atoms with Crippen molar-refractivity contribution in [3.8, 4) is 5.75 Å². The Balaban J connectivity index is 1.85. The van der Waals surface area contributed by atoms with Crippen LogP contribution in [-0.2, 0) is 16.1 Å². The molecule has 8 heteroatoms. The Labute approximate surface area is 217 Å². The Morgan fingerprint density at radius 2 is 1.78 bits per heavy atom. The fraction of sp³-hybridized carbons (Fsp3) is 0.310. The maximum absolute atomic E-state index is 14.1. The molecule has 0 radical (unpaired) electrons. The molecule has 2 amide bonds. The van der Waals surface area contributed by atoms with Gasteiger partial charge < -0.3 is 10.1 Å². The van der Waals surface area contributed by atoms with Crippen LogP contribution in [0.25, 0.3) is 11.0 Å². The molecule has 37 heavy (non-hydrogen) atoms. The first-order chi connectivity index (χ1) is 17.7. The van der Waals surface area contributed by atoms with Gasteiger partial charge in [0.25, 0.3) is 0 Å². The summed E-state index contributed by atoms with van der Waals surface area (Å²) in [5, 5.41) is 11.5. The van der Waals surface area contributed by atoms with Gasteiger partial charge in [-0.25, -0.2) is 4.68 Å². The summed E-state index contributed by atoms with van der Waals surface area (Å²) in [6, 6.07) is 21.4. The standard InChI is InChI=1S/C29H33N5O3/c1-6-29(3,4)30-28(36)27(21-13-11-14-22(18-21)37-5)34(24-16-9-7-12-20(24)2)26(35)19-33-25-17-10-8-15-23(25)31-32-33/h7-18,27H,6,19H2,1-5H3,(H,30,36). The van der Waals surface area contributed by atoms with Crippen molar-refractivity contribution in [1.82, 2.24) is 20.3 Å². The van der Waals surface area contributed by atoms with Crippen molar-refractivity contribution in [2.45, 2.75) is 52.2 Å². The number of para-hydroxylation sites is 2. The van der Waals surface area contributed by atoms with Crippen LogP contribution >= 0.6 is 0 Å². The van der Waals surface area contributed by atoms with Gasteiger partial charge in [-0.2, -0.15) is 0 Å². The average Bonchev–Trinajstić information content (AvgIpc) is 3.30. The molecule has 4 aromatic rings. The van der Waals surface area contributed by atoms with Crippen molar-refractivity contribution >= 4 is 28.5 Å². The molecule has 1 aromatic heterocycles. The number of methoxy groups -OCH3 is 1. The Bertz CT molecular complexity index is 1410. The van der Waals surface area contributed by atoms with E-state index < -0.39 is 11.6 Å². The van der Waals surface area contributed by atoms with Crippen LogP contribution in [0, 0.1) is 6.92 Å². The highest BCUT2D eigenvalue weighted by Crippen LogP contribution is 2.33. The van der Waals surface area contributed by atoms with Gasteiger partial charge in [0, 0.05) is 11.2 Å². The van der Waals surface area contributed by atoms with E-state index in [9.17, 15) is 9.59 Å². The minimum absolute atomic E-state index is 0.0836. The van der Waals surface area contributed by atoms with Gasteiger partial charge in [0.05, 0.1) is 12.6 Å².